The highest BCUT2D eigenvalue weighted by Gasteiger charge is 2.51. The van der Waals surface area contributed by atoms with E-state index in [-0.39, 0.29) is 4.90 Å². The fraction of sp³-hybridized carbons (Fsp3) is 0.300. The lowest BCUT2D eigenvalue weighted by Gasteiger charge is -2.13. The van der Waals surface area contributed by atoms with Crippen LogP contribution in [0.15, 0.2) is 29.2 Å². The van der Waals surface area contributed by atoms with Crippen molar-refractivity contribution in [3.05, 3.63) is 27.8 Å². The van der Waals surface area contributed by atoms with Crippen LogP contribution < -0.4 is 10.5 Å². The van der Waals surface area contributed by atoms with Gasteiger partial charge in [0.1, 0.15) is 5.54 Å². The molecule has 17 heavy (non-hydrogen) atoms. The molecule has 0 heterocycles. The fourth-order valence-electron chi connectivity index (χ4n) is 1.47. The first-order valence-electron chi connectivity index (χ1n) is 4.95. The molecule has 1 aliphatic rings. The van der Waals surface area contributed by atoms with Crippen LogP contribution in [0.1, 0.15) is 12.8 Å². The van der Waals surface area contributed by atoms with Gasteiger partial charge >= 0.3 is 0 Å². The zero-order valence-corrected chi connectivity index (χ0v) is 11.8. The van der Waals surface area contributed by atoms with Crippen LogP contribution in [-0.2, 0) is 14.8 Å². The van der Waals surface area contributed by atoms with E-state index in [2.05, 4.69) is 4.72 Å². The number of hydrogen-bond donors (Lipinski definition) is 2. The molecule has 3 N–H and O–H groups in total. The van der Waals surface area contributed by atoms with Gasteiger partial charge in [-0.25, -0.2) is 8.42 Å². The van der Waals surface area contributed by atoms with Gasteiger partial charge in [0, 0.05) is 3.57 Å². The molecule has 1 fully saturated rings. The molecule has 0 bridgehead atoms. The van der Waals surface area contributed by atoms with Gasteiger partial charge in [-0.15, -0.1) is 0 Å². The van der Waals surface area contributed by atoms with Crippen molar-refractivity contribution in [1.82, 2.24) is 4.72 Å². The molecule has 0 atom stereocenters. The average molecular weight is 366 g/mol. The first kappa shape index (κ1) is 12.8. The summed E-state index contributed by atoms with van der Waals surface area (Å²) in [4.78, 5) is 11.3. The normalized spacial score (nSPS) is 17.7. The Morgan fingerprint density at radius 2 is 2.06 bits per heavy atom. The topological polar surface area (TPSA) is 89.3 Å². The fourth-order valence-corrected chi connectivity index (χ4v) is 3.71. The summed E-state index contributed by atoms with van der Waals surface area (Å²) in [6.07, 6.45) is 0.928. The third-order valence-electron chi connectivity index (χ3n) is 2.66. The lowest BCUT2D eigenvalue weighted by Crippen LogP contribution is -2.46. The first-order valence-corrected chi connectivity index (χ1v) is 7.51. The van der Waals surface area contributed by atoms with Crippen LogP contribution in [0.4, 0.5) is 0 Å². The van der Waals surface area contributed by atoms with E-state index in [0.29, 0.717) is 12.8 Å². The van der Waals surface area contributed by atoms with Crippen LogP contribution >= 0.6 is 22.6 Å². The summed E-state index contributed by atoms with van der Waals surface area (Å²) >= 11 is 2.03. The van der Waals surface area contributed by atoms with Crippen molar-refractivity contribution >= 4 is 38.5 Å². The summed E-state index contributed by atoms with van der Waals surface area (Å²) in [5.74, 6) is -0.619. The largest absolute Gasteiger partial charge is 0.368 e. The molecule has 1 aliphatic carbocycles. The number of carbonyl (C=O) groups is 1. The maximum Gasteiger partial charge on any atom is 0.241 e. The maximum absolute atomic E-state index is 12.0. The Kier molecular flexibility index (Phi) is 3.17. The molecule has 0 unspecified atom stereocenters. The number of carbonyl (C=O) groups excluding carboxylic acids is 1. The van der Waals surface area contributed by atoms with Gasteiger partial charge in [-0.2, -0.15) is 4.72 Å². The smallest absolute Gasteiger partial charge is 0.241 e. The predicted molar refractivity (Wildman–Crippen MR) is 70.6 cm³/mol. The molecule has 0 aromatic heterocycles. The summed E-state index contributed by atoms with van der Waals surface area (Å²) in [6, 6.07) is 6.47. The second-order valence-corrected chi connectivity index (χ2v) is 6.94. The van der Waals surface area contributed by atoms with Gasteiger partial charge in [0.05, 0.1) is 4.90 Å². The van der Waals surface area contributed by atoms with Gasteiger partial charge in [0.15, 0.2) is 0 Å². The minimum absolute atomic E-state index is 0.150. The summed E-state index contributed by atoms with van der Waals surface area (Å²) in [6.45, 7) is 0. The molecule has 1 amide bonds. The summed E-state index contributed by atoms with van der Waals surface area (Å²) in [5, 5.41) is 0. The van der Waals surface area contributed by atoms with Crippen molar-refractivity contribution in [3.63, 3.8) is 0 Å². The van der Waals surface area contributed by atoms with E-state index >= 15 is 0 Å². The summed E-state index contributed by atoms with van der Waals surface area (Å²) in [7, 11) is -3.68. The number of amides is 1. The van der Waals surface area contributed by atoms with Crippen LogP contribution in [0.25, 0.3) is 0 Å². The Bertz CT molecular complexity index is 567. The van der Waals surface area contributed by atoms with E-state index in [4.69, 9.17) is 5.73 Å². The Balaban J connectivity index is 2.29. The van der Waals surface area contributed by atoms with Gasteiger partial charge in [-0.05, 0) is 53.6 Å². The highest BCUT2D eigenvalue weighted by atomic mass is 127. The number of halogens is 1. The number of primary amides is 1. The van der Waals surface area contributed by atoms with Crippen molar-refractivity contribution in [3.8, 4) is 0 Å². The number of nitrogens with one attached hydrogen (secondary N) is 1. The third-order valence-corrected chi connectivity index (χ3v) is 4.86. The lowest BCUT2D eigenvalue weighted by atomic mass is 10.3. The van der Waals surface area contributed by atoms with Crippen molar-refractivity contribution in [2.75, 3.05) is 0 Å². The minimum Gasteiger partial charge on any atom is -0.368 e. The molecule has 92 valence electrons. The molecule has 1 aromatic carbocycles. The van der Waals surface area contributed by atoms with E-state index in [0.717, 1.165) is 3.57 Å². The highest BCUT2D eigenvalue weighted by Crippen LogP contribution is 2.36. The van der Waals surface area contributed by atoms with E-state index in [1.54, 1.807) is 18.2 Å². The predicted octanol–water partition coefficient (Wildman–Crippen LogP) is 0.587. The molecule has 1 saturated carbocycles. The van der Waals surface area contributed by atoms with E-state index in [1.807, 2.05) is 22.6 Å². The van der Waals surface area contributed by atoms with E-state index < -0.39 is 21.5 Å². The number of hydrogen-bond acceptors (Lipinski definition) is 3. The average Bonchev–Trinajstić information content (AvgIpc) is 2.98. The molecular weight excluding hydrogens is 355 g/mol. The Labute approximate surface area is 113 Å². The zero-order valence-electron chi connectivity index (χ0n) is 8.81. The Morgan fingerprint density at radius 1 is 1.41 bits per heavy atom. The first-order chi connectivity index (χ1) is 7.86. The van der Waals surface area contributed by atoms with Crippen LogP contribution in [-0.4, -0.2) is 19.9 Å². The van der Waals surface area contributed by atoms with Crippen LogP contribution in [0.2, 0.25) is 0 Å². The lowest BCUT2D eigenvalue weighted by molar-refractivity contribution is -0.120. The van der Waals surface area contributed by atoms with Crippen LogP contribution in [0.3, 0.4) is 0 Å². The quantitative estimate of drug-likeness (QED) is 0.765. The number of rotatable bonds is 4. The minimum atomic E-state index is -3.68. The van der Waals surface area contributed by atoms with Crippen molar-refractivity contribution in [2.45, 2.75) is 23.3 Å². The molecule has 5 nitrogen and oxygen atoms in total. The molecule has 0 aliphatic heterocycles. The van der Waals surface area contributed by atoms with E-state index in [1.165, 1.54) is 6.07 Å². The van der Waals surface area contributed by atoms with Gasteiger partial charge in [-0.1, -0.05) is 6.07 Å². The molecule has 2 rings (SSSR count). The molecule has 1 aromatic rings. The molecule has 0 radical (unpaired) electrons. The summed E-state index contributed by atoms with van der Waals surface area (Å²) < 4.78 is 27.2. The Hall–Kier alpha value is -0.670. The van der Waals surface area contributed by atoms with E-state index in [9.17, 15) is 13.2 Å². The number of benzene rings is 1. The van der Waals surface area contributed by atoms with Gasteiger partial charge in [0.2, 0.25) is 15.9 Å². The third kappa shape index (κ3) is 2.61. The molecule has 0 spiro atoms. The van der Waals surface area contributed by atoms with Gasteiger partial charge in [0.25, 0.3) is 0 Å². The van der Waals surface area contributed by atoms with Crippen molar-refractivity contribution < 1.29 is 13.2 Å². The zero-order chi connectivity index (χ0) is 12.7. The highest BCUT2D eigenvalue weighted by molar-refractivity contribution is 14.1. The number of sulfonamides is 1. The van der Waals surface area contributed by atoms with Crippen molar-refractivity contribution in [1.29, 1.82) is 0 Å². The standard InChI is InChI=1S/C10H11IN2O3S/c11-7-2-1-3-8(6-7)17(15,16)13-10(4-5-10)9(12)14/h1-3,6,13H,4-5H2,(H2,12,14). The molecule has 7 heteroatoms. The maximum atomic E-state index is 12.0. The second kappa shape index (κ2) is 4.21. The Morgan fingerprint density at radius 3 is 2.53 bits per heavy atom. The van der Waals surface area contributed by atoms with Gasteiger partial charge in [-0.3, -0.25) is 4.79 Å². The second-order valence-electron chi connectivity index (χ2n) is 4.01. The summed E-state index contributed by atoms with van der Waals surface area (Å²) in [5.41, 5.74) is 4.11. The van der Waals surface area contributed by atoms with Crippen molar-refractivity contribution in [2.24, 2.45) is 5.73 Å². The molecule has 0 saturated heterocycles. The van der Waals surface area contributed by atoms with Crippen LogP contribution in [0, 0.1) is 3.57 Å². The van der Waals surface area contributed by atoms with Gasteiger partial charge < -0.3 is 5.73 Å². The monoisotopic (exact) mass is 366 g/mol. The SMILES string of the molecule is NC(=O)C1(NS(=O)(=O)c2cccc(I)c2)CC1. The van der Waals surface area contributed by atoms with Crippen LogP contribution in [0.5, 0.6) is 0 Å². The molecular formula is C10H11IN2O3S. The number of nitrogens with two attached hydrogens (primary N) is 1.